The Morgan fingerprint density at radius 3 is 2.48 bits per heavy atom. The summed E-state index contributed by atoms with van der Waals surface area (Å²) in [6.07, 6.45) is -1.13. The number of amides is 3. The van der Waals surface area contributed by atoms with E-state index in [9.17, 15) is 23.9 Å². The number of carbonyl (C=O) groups excluding carboxylic acids is 2. The zero-order valence-corrected chi connectivity index (χ0v) is 14.1. The zero-order valence-electron chi connectivity index (χ0n) is 14.1. The van der Waals surface area contributed by atoms with Crippen LogP contribution in [0.15, 0.2) is 18.2 Å². The largest absolute Gasteiger partial charge is 0.464 e. The number of carboxylic acid groups (broad SMARTS) is 1. The number of aromatic nitrogens is 1. The van der Waals surface area contributed by atoms with E-state index in [1.807, 2.05) is 20.8 Å². The Morgan fingerprint density at radius 1 is 1.24 bits per heavy atom. The van der Waals surface area contributed by atoms with E-state index in [-0.39, 0.29) is 29.6 Å². The van der Waals surface area contributed by atoms with Crippen LogP contribution < -0.4 is 10.2 Å². The number of imide groups is 1. The van der Waals surface area contributed by atoms with Crippen molar-refractivity contribution >= 4 is 34.6 Å². The van der Waals surface area contributed by atoms with Gasteiger partial charge in [0.25, 0.3) is 0 Å². The van der Waals surface area contributed by atoms with Gasteiger partial charge in [-0.3, -0.25) is 15.0 Å². The van der Waals surface area contributed by atoms with Gasteiger partial charge >= 0.3 is 12.1 Å². The van der Waals surface area contributed by atoms with E-state index in [1.165, 1.54) is 23.1 Å². The van der Waals surface area contributed by atoms with Crippen molar-refractivity contribution in [2.24, 2.45) is 0 Å². The summed E-state index contributed by atoms with van der Waals surface area (Å²) >= 11 is 0. The van der Waals surface area contributed by atoms with Gasteiger partial charge in [0, 0.05) is 29.5 Å². The van der Waals surface area contributed by atoms with Gasteiger partial charge in [0.1, 0.15) is 5.82 Å². The third kappa shape index (κ3) is 2.84. The van der Waals surface area contributed by atoms with Gasteiger partial charge in [-0.15, -0.1) is 0 Å². The predicted octanol–water partition coefficient (Wildman–Crippen LogP) is 3.05. The number of nitrogens with one attached hydrogen (secondary N) is 1. The summed E-state index contributed by atoms with van der Waals surface area (Å²) in [4.78, 5) is 36.2. The fourth-order valence-electron chi connectivity index (χ4n) is 2.97. The van der Waals surface area contributed by atoms with Crippen LogP contribution in [0.3, 0.4) is 0 Å². The summed E-state index contributed by atoms with van der Waals surface area (Å²) < 4.78 is 15.7. The highest BCUT2D eigenvalue weighted by atomic mass is 19.1. The first-order valence-electron chi connectivity index (χ1n) is 7.79. The summed E-state index contributed by atoms with van der Waals surface area (Å²) in [6.45, 7) is 5.62. The van der Waals surface area contributed by atoms with Gasteiger partial charge in [0.05, 0.1) is 11.2 Å². The van der Waals surface area contributed by atoms with Crippen molar-refractivity contribution < 1.29 is 23.9 Å². The van der Waals surface area contributed by atoms with E-state index in [0.717, 1.165) is 4.57 Å². The molecule has 0 saturated carbocycles. The minimum atomic E-state index is -1.23. The molecular formula is C17H18FN3O4. The zero-order chi connectivity index (χ0) is 18.5. The Kier molecular flexibility index (Phi) is 3.78. The Hall–Kier alpha value is -2.90. The maximum absolute atomic E-state index is 14.6. The lowest BCUT2D eigenvalue weighted by Gasteiger charge is -2.26. The topological polar surface area (TPSA) is 91.6 Å². The highest BCUT2D eigenvalue weighted by Crippen LogP contribution is 2.33. The number of hydrogen-bond acceptors (Lipinski definition) is 3. The van der Waals surface area contributed by atoms with Gasteiger partial charge in [-0.25, -0.2) is 18.5 Å². The van der Waals surface area contributed by atoms with Crippen molar-refractivity contribution in [2.75, 3.05) is 11.4 Å². The smallest absolute Gasteiger partial charge is 0.416 e. The lowest BCUT2D eigenvalue weighted by Crippen LogP contribution is -2.49. The lowest BCUT2D eigenvalue weighted by atomic mass is 9.92. The number of urea groups is 1. The Bertz CT molecular complexity index is 911. The van der Waals surface area contributed by atoms with E-state index in [2.05, 4.69) is 5.32 Å². The van der Waals surface area contributed by atoms with Crippen LogP contribution in [0.1, 0.15) is 32.9 Å². The maximum Gasteiger partial charge on any atom is 0.416 e. The van der Waals surface area contributed by atoms with E-state index in [0.29, 0.717) is 5.69 Å². The van der Waals surface area contributed by atoms with Crippen LogP contribution in [0, 0.1) is 5.82 Å². The lowest BCUT2D eigenvalue weighted by molar-refractivity contribution is -0.120. The molecule has 0 bridgehead atoms. The molecule has 8 heteroatoms. The molecule has 2 aromatic rings. The second kappa shape index (κ2) is 5.58. The minimum absolute atomic E-state index is 0.0958. The maximum atomic E-state index is 14.6. The first-order valence-corrected chi connectivity index (χ1v) is 7.79. The second-order valence-corrected chi connectivity index (χ2v) is 7.01. The van der Waals surface area contributed by atoms with Gasteiger partial charge in [-0.05, 0) is 18.2 Å². The van der Waals surface area contributed by atoms with Crippen LogP contribution in [0.4, 0.5) is 19.7 Å². The number of carbonyl (C=O) groups is 3. The molecule has 1 aromatic heterocycles. The molecule has 0 atom stereocenters. The molecule has 132 valence electrons. The van der Waals surface area contributed by atoms with Crippen molar-refractivity contribution in [2.45, 2.75) is 32.6 Å². The van der Waals surface area contributed by atoms with Crippen molar-refractivity contribution in [1.82, 2.24) is 9.88 Å². The highest BCUT2D eigenvalue weighted by molar-refractivity contribution is 6.06. The number of fused-ring (bicyclic) bond motifs is 1. The van der Waals surface area contributed by atoms with Gasteiger partial charge in [-0.1, -0.05) is 20.8 Å². The Balaban J connectivity index is 2.22. The van der Waals surface area contributed by atoms with Crippen LogP contribution in [0.5, 0.6) is 0 Å². The fourth-order valence-corrected chi connectivity index (χ4v) is 2.97. The number of nitrogens with zero attached hydrogens (tertiary/aromatic N) is 2. The number of benzene rings is 1. The van der Waals surface area contributed by atoms with Crippen molar-refractivity contribution in [3.63, 3.8) is 0 Å². The molecule has 1 fully saturated rings. The van der Waals surface area contributed by atoms with E-state index in [4.69, 9.17) is 0 Å². The molecule has 3 rings (SSSR count). The molecule has 7 nitrogen and oxygen atoms in total. The van der Waals surface area contributed by atoms with Crippen molar-refractivity contribution in [1.29, 1.82) is 0 Å². The number of rotatable bonds is 1. The number of halogens is 1. The van der Waals surface area contributed by atoms with Crippen LogP contribution in [0.25, 0.3) is 10.9 Å². The first-order chi connectivity index (χ1) is 11.6. The monoisotopic (exact) mass is 347 g/mol. The summed E-state index contributed by atoms with van der Waals surface area (Å²) in [5.41, 5.74) is 0.302. The van der Waals surface area contributed by atoms with Crippen molar-refractivity contribution in [3.05, 3.63) is 29.7 Å². The molecule has 1 aromatic carbocycles. The Morgan fingerprint density at radius 2 is 1.92 bits per heavy atom. The summed E-state index contributed by atoms with van der Waals surface area (Å²) in [5.74, 6) is -1.02. The molecule has 3 amide bonds. The average Bonchev–Trinajstić information content (AvgIpc) is 2.87. The number of anilines is 1. The van der Waals surface area contributed by atoms with E-state index < -0.39 is 29.3 Å². The van der Waals surface area contributed by atoms with Crippen molar-refractivity contribution in [3.8, 4) is 0 Å². The van der Waals surface area contributed by atoms with Crippen LogP contribution in [-0.2, 0) is 10.2 Å². The highest BCUT2D eigenvalue weighted by Gasteiger charge is 2.28. The molecule has 2 N–H and O–H groups in total. The van der Waals surface area contributed by atoms with Crippen LogP contribution in [-0.4, -0.2) is 34.2 Å². The molecule has 1 aliphatic heterocycles. The summed E-state index contributed by atoms with van der Waals surface area (Å²) in [7, 11) is 0. The molecular weight excluding hydrogens is 329 g/mol. The average molecular weight is 347 g/mol. The standard InChI is InChI=1S/C17H18FN3O4/c1-17(2,3)13-8-10-11(18)6-9(7-12(10)21(13)16(24)25)20-5-4-14(22)19-15(20)23/h6-8H,4-5H2,1-3H3,(H,24,25)(H,19,22,23). The Labute approximate surface area is 143 Å². The fraction of sp³-hybridized carbons (Fsp3) is 0.353. The van der Waals surface area contributed by atoms with Crippen LogP contribution in [0.2, 0.25) is 0 Å². The SMILES string of the molecule is CC(C)(C)c1cc2c(F)cc(N3CCC(=O)NC3=O)cc2n1C(=O)O. The summed E-state index contributed by atoms with van der Waals surface area (Å²) in [5, 5.41) is 11.9. The predicted molar refractivity (Wildman–Crippen MR) is 89.5 cm³/mol. The quantitative estimate of drug-likeness (QED) is 0.829. The molecule has 25 heavy (non-hydrogen) atoms. The second-order valence-electron chi connectivity index (χ2n) is 7.01. The minimum Gasteiger partial charge on any atom is -0.464 e. The molecule has 0 unspecified atom stereocenters. The molecule has 0 radical (unpaired) electrons. The van der Waals surface area contributed by atoms with Gasteiger partial charge in [0.2, 0.25) is 5.91 Å². The van der Waals surface area contributed by atoms with Gasteiger partial charge in [-0.2, -0.15) is 0 Å². The normalized spacial score (nSPS) is 15.6. The molecule has 0 aliphatic carbocycles. The summed E-state index contributed by atoms with van der Waals surface area (Å²) in [6, 6.07) is 3.50. The molecule has 2 heterocycles. The first kappa shape index (κ1) is 16.9. The third-order valence-corrected chi connectivity index (χ3v) is 4.18. The third-order valence-electron chi connectivity index (χ3n) is 4.18. The van der Waals surface area contributed by atoms with E-state index in [1.54, 1.807) is 0 Å². The van der Waals surface area contributed by atoms with Gasteiger partial charge < -0.3 is 5.11 Å². The molecule has 1 aliphatic rings. The molecule has 0 spiro atoms. The van der Waals surface area contributed by atoms with Gasteiger partial charge in [0.15, 0.2) is 0 Å². The molecule has 1 saturated heterocycles. The van der Waals surface area contributed by atoms with E-state index >= 15 is 0 Å². The number of hydrogen-bond donors (Lipinski definition) is 2. The van der Waals surface area contributed by atoms with Crippen LogP contribution >= 0.6 is 0 Å².